The van der Waals surface area contributed by atoms with Crippen LogP contribution in [0.15, 0.2) is 70.7 Å². The number of hydrogen-bond donors (Lipinski definition) is 1. The molecule has 0 spiro atoms. The number of allylic oxidation sites excluding steroid dienone is 4. The van der Waals surface area contributed by atoms with E-state index >= 15 is 0 Å². The molecule has 1 unspecified atom stereocenters. The predicted molar refractivity (Wildman–Crippen MR) is 92.5 cm³/mol. The molecule has 0 aliphatic carbocycles. The lowest BCUT2D eigenvalue weighted by Crippen LogP contribution is -2.20. The summed E-state index contributed by atoms with van der Waals surface area (Å²) in [4.78, 5) is 7.94. The molecule has 0 amide bonds. The lowest BCUT2D eigenvalue weighted by atomic mass is 9.93. The number of pyridine rings is 1. The van der Waals surface area contributed by atoms with E-state index in [9.17, 15) is 18.3 Å². The van der Waals surface area contributed by atoms with Crippen LogP contribution in [0.2, 0.25) is 0 Å². The Morgan fingerprint density at radius 3 is 2.73 bits per heavy atom. The molecule has 26 heavy (non-hydrogen) atoms. The minimum absolute atomic E-state index is 0.0203. The highest BCUT2D eigenvalue weighted by molar-refractivity contribution is 6.04. The van der Waals surface area contributed by atoms with Crippen LogP contribution in [0, 0.1) is 11.3 Å². The molecule has 0 saturated heterocycles. The van der Waals surface area contributed by atoms with Gasteiger partial charge in [0, 0.05) is 40.9 Å². The Balaban J connectivity index is 2.61. The number of aliphatic hydroxyl groups is 1. The van der Waals surface area contributed by atoms with Crippen molar-refractivity contribution in [3.8, 4) is 6.07 Å². The van der Waals surface area contributed by atoms with Crippen LogP contribution in [0.4, 0.5) is 13.2 Å². The van der Waals surface area contributed by atoms with E-state index in [4.69, 9.17) is 5.26 Å². The van der Waals surface area contributed by atoms with Crippen molar-refractivity contribution in [1.29, 1.82) is 5.26 Å². The van der Waals surface area contributed by atoms with Gasteiger partial charge in [-0.05, 0) is 25.1 Å². The number of aliphatic hydroxyl groups excluding tert-OH is 1. The highest BCUT2D eigenvalue weighted by atomic mass is 19.4. The van der Waals surface area contributed by atoms with Crippen molar-refractivity contribution < 1.29 is 18.3 Å². The highest BCUT2D eigenvalue weighted by Gasteiger charge is 2.39. The second-order valence-electron chi connectivity index (χ2n) is 5.73. The molecule has 1 aliphatic rings. The highest BCUT2D eigenvalue weighted by Crippen LogP contribution is 2.37. The quantitative estimate of drug-likeness (QED) is 0.834. The Bertz CT molecular complexity index is 899. The molecule has 1 aromatic heterocycles. The molecule has 2 rings (SSSR count). The Morgan fingerprint density at radius 1 is 1.42 bits per heavy atom. The second-order valence-corrected chi connectivity index (χ2v) is 5.73. The van der Waals surface area contributed by atoms with Crippen molar-refractivity contribution in [1.82, 2.24) is 4.98 Å². The maximum atomic E-state index is 13.7. The molecule has 1 aromatic rings. The Hall–Kier alpha value is -3.14. The van der Waals surface area contributed by atoms with E-state index in [0.29, 0.717) is 11.3 Å². The average Bonchev–Trinajstić information content (AvgIpc) is 2.71. The molecule has 4 nitrogen and oxygen atoms in total. The fourth-order valence-electron chi connectivity index (χ4n) is 2.46. The van der Waals surface area contributed by atoms with Gasteiger partial charge < -0.3 is 5.11 Å². The van der Waals surface area contributed by atoms with E-state index in [1.165, 1.54) is 44.5 Å². The first-order valence-electron chi connectivity index (χ1n) is 7.64. The van der Waals surface area contributed by atoms with Crippen LogP contribution >= 0.6 is 0 Å². The van der Waals surface area contributed by atoms with Crippen LogP contribution in [0.1, 0.15) is 31.0 Å². The summed E-state index contributed by atoms with van der Waals surface area (Å²) in [5.41, 5.74) is -0.782. The number of alkyl halides is 3. The van der Waals surface area contributed by atoms with Crippen molar-refractivity contribution in [2.75, 3.05) is 0 Å². The number of halogens is 3. The zero-order chi connectivity index (χ0) is 19.5. The summed E-state index contributed by atoms with van der Waals surface area (Å²) in [5.74, 6) is -1.33. The molecule has 1 aliphatic heterocycles. The maximum absolute atomic E-state index is 13.7. The summed E-state index contributed by atoms with van der Waals surface area (Å²) < 4.78 is 41.2. The standard InChI is InChI=1S/C19H16F3N3O/c1-11-4-6-24-13(3)17(18(11)26)15(19(20,21)22)8-12(2)16-9-14(10-23)5-7-25-16/h4-9,12,26H,1H2,2-3H3/b15-8+. The molecule has 0 fully saturated rings. The van der Waals surface area contributed by atoms with Crippen molar-refractivity contribution >= 4 is 5.71 Å². The van der Waals surface area contributed by atoms with Gasteiger partial charge in [0.05, 0.1) is 17.2 Å². The SMILES string of the molecule is C=C1C=CN=C(C)C(/C(=C\C(C)c2cc(C#N)ccn2)C(F)(F)F)=C1O. The van der Waals surface area contributed by atoms with Crippen LogP contribution < -0.4 is 0 Å². The number of aromatic nitrogens is 1. The van der Waals surface area contributed by atoms with Gasteiger partial charge in [0.2, 0.25) is 0 Å². The lowest BCUT2D eigenvalue weighted by molar-refractivity contribution is -0.0894. The lowest BCUT2D eigenvalue weighted by Gasteiger charge is -2.18. The zero-order valence-corrected chi connectivity index (χ0v) is 14.2. The van der Waals surface area contributed by atoms with Crippen LogP contribution in [-0.4, -0.2) is 22.0 Å². The van der Waals surface area contributed by atoms with Gasteiger partial charge in [0.15, 0.2) is 0 Å². The number of nitrogens with zero attached hydrogens (tertiary/aromatic N) is 3. The van der Waals surface area contributed by atoms with Crippen molar-refractivity contribution in [2.45, 2.75) is 25.9 Å². The van der Waals surface area contributed by atoms with Crippen LogP contribution in [0.5, 0.6) is 0 Å². The number of rotatable bonds is 3. The number of aliphatic imine (C=N–C) groups is 1. The summed E-state index contributed by atoms with van der Waals surface area (Å²) in [7, 11) is 0. The predicted octanol–water partition coefficient (Wildman–Crippen LogP) is 4.90. The molecule has 0 aromatic carbocycles. The number of nitriles is 1. The van der Waals surface area contributed by atoms with Crippen molar-refractivity contribution in [3.05, 3.63) is 77.0 Å². The van der Waals surface area contributed by atoms with Gasteiger partial charge in [0.25, 0.3) is 0 Å². The third-order valence-corrected chi connectivity index (χ3v) is 3.81. The van der Waals surface area contributed by atoms with Crippen molar-refractivity contribution in [2.24, 2.45) is 4.99 Å². The van der Waals surface area contributed by atoms with Gasteiger partial charge in [-0.15, -0.1) is 0 Å². The molecule has 1 N–H and O–H groups in total. The molecule has 0 bridgehead atoms. The monoisotopic (exact) mass is 359 g/mol. The van der Waals surface area contributed by atoms with Crippen molar-refractivity contribution in [3.63, 3.8) is 0 Å². The molecule has 1 atom stereocenters. The molecular formula is C19H16F3N3O. The summed E-state index contributed by atoms with van der Waals surface area (Å²) in [6, 6.07) is 4.82. The topological polar surface area (TPSA) is 69.3 Å². The van der Waals surface area contributed by atoms with Gasteiger partial charge in [-0.1, -0.05) is 19.6 Å². The Labute approximate surface area is 149 Å². The van der Waals surface area contributed by atoms with Gasteiger partial charge in [0.1, 0.15) is 5.76 Å². The first-order chi connectivity index (χ1) is 12.1. The first-order valence-corrected chi connectivity index (χ1v) is 7.64. The molecular weight excluding hydrogens is 343 g/mol. The summed E-state index contributed by atoms with van der Waals surface area (Å²) in [5, 5.41) is 19.2. The number of hydrogen-bond acceptors (Lipinski definition) is 4. The fourth-order valence-corrected chi connectivity index (χ4v) is 2.46. The molecule has 134 valence electrons. The summed E-state index contributed by atoms with van der Waals surface area (Å²) in [6.07, 6.45) is 0.224. The zero-order valence-electron chi connectivity index (χ0n) is 14.2. The Kier molecular flexibility index (Phi) is 5.46. The van der Waals surface area contributed by atoms with Crippen LogP contribution in [-0.2, 0) is 0 Å². The maximum Gasteiger partial charge on any atom is 0.416 e. The van der Waals surface area contributed by atoms with E-state index in [-0.39, 0.29) is 11.3 Å². The fraction of sp³-hybridized carbons (Fsp3) is 0.211. The van der Waals surface area contributed by atoms with E-state index in [2.05, 4.69) is 16.6 Å². The van der Waals surface area contributed by atoms with Gasteiger partial charge in [-0.25, -0.2) is 0 Å². The third-order valence-electron chi connectivity index (χ3n) is 3.81. The van der Waals surface area contributed by atoms with E-state index in [1.807, 2.05) is 6.07 Å². The van der Waals surface area contributed by atoms with Crippen LogP contribution in [0.3, 0.4) is 0 Å². The molecule has 0 radical (unpaired) electrons. The second kappa shape index (κ2) is 7.40. The molecule has 0 saturated carbocycles. The van der Waals surface area contributed by atoms with Gasteiger partial charge in [-0.2, -0.15) is 18.4 Å². The summed E-state index contributed by atoms with van der Waals surface area (Å²) >= 11 is 0. The molecule has 2 heterocycles. The normalized spacial score (nSPS) is 16.8. The Morgan fingerprint density at radius 2 is 2.12 bits per heavy atom. The average molecular weight is 359 g/mol. The van der Waals surface area contributed by atoms with E-state index in [0.717, 1.165) is 6.08 Å². The van der Waals surface area contributed by atoms with E-state index in [1.54, 1.807) is 0 Å². The van der Waals surface area contributed by atoms with Crippen LogP contribution in [0.25, 0.3) is 0 Å². The minimum Gasteiger partial charge on any atom is -0.507 e. The smallest absolute Gasteiger partial charge is 0.416 e. The molecule has 7 heteroatoms. The largest absolute Gasteiger partial charge is 0.507 e. The summed E-state index contributed by atoms with van der Waals surface area (Å²) in [6.45, 7) is 6.47. The van der Waals surface area contributed by atoms with Gasteiger partial charge in [-0.3, -0.25) is 9.98 Å². The minimum atomic E-state index is -4.73. The van der Waals surface area contributed by atoms with Gasteiger partial charge >= 0.3 is 6.18 Å². The van der Waals surface area contributed by atoms with E-state index < -0.39 is 29.0 Å². The first kappa shape index (κ1) is 19.2. The third kappa shape index (κ3) is 4.09.